The second-order valence-corrected chi connectivity index (χ2v) is 6.77. The van der Waals surface area contributed by atoms with E-state index in [4.69, 9.17) is 9.47 Å². The molecule has 2 aromatic carbocycles. The summed E-state index contributed by atoms with van der Waals surface area (Å²) in [6, 6.07) is 8.89. The predicted molar refractivity (Wildman–Crippen MR) is 92.1 cm³/mol. The highest BCUT2D eigenvalue weighted by atomic mass is 19.1. The molecular formula is C20H20F2O4. The summed E-state index contributed by atoms with van der Waals surface area (Å²) in [7, 11) is 0. The second kappa shape index (κ2) is 8.08. The van der Waals surface area contributed by atoms with Gasteiger partial charge in [-0.25, -0.2) is 8.78 Å². The molecule has 0 saturated heterocycles. The molecule has 2 rings (SSSR count). The molecule has 0 fully saturated rings. The number of esters is 1. The van der Waals surface area contributed by atoms with Gasteiger partial charge in [-0.2, -0.15) is 0 Å². The SMILES string of the molecule is CC(C)(C)OC(=O)Cc1cccc(COc2c(F)ccc(C=O)c2F)c1. The number of ether oxygens (including phenoxy) is 2. The fraction of sp³-hybridized carbons (Fsp3) is 0.300. The molecule has 0 atom stereocenters. The molecule has 0 aliphatic rings. The highest BCUT2D eigenvalue weighted by molar-refractivity contribution is 5.76. The summed E-state index contributed by atoms with van der Waals surface area (Å²) in [6.45, 7) is 5.24. The van der Waals surface area contributed by atoms with Crippen molar-refractivity contribution in [3.8, 4) is 5.75 Å². The number of aldehydes is 1. The first-order chi connectivity index (χ1) is 12.2. The van der Waals surface area contributed by atoms with Crippen LogP contribution in [-0.2, 0) is 22.6 Å². The molecule has 0 aromatic heterocycles. The standard InChI is InChI=1S/C20H20F2O4/c1-20(2,3)26-17(24)10-13-5-4-6-14(9-13)12-25-19-16(21)8-7-15(11-23)18(19)22/h4-9,11H,10,12H2,1-3H3. The fourth-order valence-corrected chi connectivity index (χ4v) is 2.30. The molecule has 4 nitrogen and oxygen atoms in total. The van der Waals surface area contributed by atoms with Gasteiger partial charge in [0.25, 0.3) is 0 Å². The molecule has 0 saturated carbocycles. The smallest absolute Gasteiger partial charge is 0.310 e. The van der Waals surface area contributed by atoms with E-state index in [1.54, 1.807) is 45.0 Å². The molecule has 0 bridgehead atoms. The molecular weight excluding hydrogens is 342 g/mol. The van der Waals surface area contributed by atoms with Crippen LogP contribution in [0.3, 0.4) is 0 Å². The Bertz CT molecular complexity index is 810. The largest absolute Gasteiger partial charge is 0.483 e. The van der Waals surface area contributed by atoms with Crippen LogP contribution in [0.5, 0.6) is 5.75 Å². The van der Waals surface area contributed by atoms with Crippen LogP contribution in [0.1, 0.15) is 42.3 Å². The van der Waals surface area contributed by atoms with Gasteiger partial charge >= 0.3 is 5.97 Å². The van der Waals surface area contributed by atoms with Gasteiger partial charge in [-0.1, -0.05) is 24.3 Å². The summed E-state index contributed by atoms with van der Waals surface area (Å²) >= 11 is 0. The van der Waals surface area contributed by atoms with Crippen LogP contribution in [0.2, 0.25) is 0 Å². The maximum atomic E-state index is 14.0. The van der Waals surface area contributed by atoms with Crippen molar-refractivity contribution in [3.63, 3.8) is 0 Å². The number of hydrogen-bond donors (Lipinski definition) is 0. The lowest BCUT2D eigenvalue weighted by Crippen LogP contribution is -2.24. The molecule has 0 radical (unpaired) electrons. The van der Waals surface area contributed by atoms with Crippen molar-refractivity contribution in [2.45, 2.75) is 39.4 Å². The second-order valence-electron chi connectivity index (χ2n) is 6.77. The maximum absolute atomic E-state index is 14.0. The van der Waals surface area contributed by atoms with Crippen LogP contribution in [0.15, 0.2) is 36.4 Å². The van der Waals surface area contributed by atoms with E-state index < -0.39 is 23.0 Å². The Hall–Kier alpha value is -2.76. The Morgan fingerprint density at radius 1 is 1.12 bits per heavy atom. The quantitative estimate of drug-likeness (QED) is 0.570. The van der Waals surface area contributed by atoms with E-state index in [-0.39, 0.29) is 24.6 Å². The van der Waals surface area contributed by atoms with E-state index in [0.29, 0.717) is 17.4 Å². The third-order valence-corrected chi connectivity index (χ3v) is 3.35. The third-order valence-electron chi connectivity index (χ3n) is 3.35. The lowest BCUT2D eigenvalue weighted by molar-refractivity contribution is -0.153. The van der Waals surface area contributed by atoms with Crippen molar-refractivity contribution in [1.29, 1.82) is 0 Å². The van der Waals surface area contributed by atoms with Gasteiger partial charge in [0.15, 0.2) is 23.7 Å². The zero-order valence-electron chi connectivity index (χ0n) is 14.8. The molecule has 26 heavy (non-hydrogen) atoms. The first kappa shape index (κ1) is 19.6. The van der Waals surface area contributed by atoms with E-state index in [9.17, 15) is 18.4 Å². The average Bonchev–Trinajstić information content (AvgIpc) is 2.53. The number of carbonyl (C=O) groups excluding carboxylic acids is 2. The van der Waals surface area contributed by atoms with Crippen LogP contribution in [0, 0.1) is 11.6 Å². The molecule has 0 heterocycles. The number of halogens is 2. The van der Waals surface area contributed by atoms with Crippen molar-refractivity contribution >= 4 is 12.3 Å². The zero-order valence-corrected chi connectivity index (χ0v) is 14.8. The van der Waals surface area contributed by atoms with Crippen LogP contribution in [0.25, 0.3) is 0 Å². The van der Waals surface area contributed by atoms with Gasteiger partial charge in [0, 0.05) is 0 Å². The number of rotatable bonds is 6. The van der Waals surface area contributed by atoms with E-state index in [0.717, 1.165) is 12.1 Å². The summed E-state index contributed by atoms with van der Waals surface area (Å²) < 4.78 is 38.2. The van der Waals surface area contributed by atoms with Gasteiger partial charge in [0.1, 0.15) is 12.2 Å². The average molecular weight is 362 g/mol. The molecule has 0 amide bonds. The third kappa shape index (κ3) is 5.37. The van der Waals surface area contributed by atoms with E-state index in [1.165, 1.54) is 0 Å². The molecule has 0 aliphatic heterocycles. The van der Waals surface area contributed by atoms with Crippen molar-refractivity contribution in [2.24, 2.45) is 0 Å². The number of hydrogen-bond acceptors (Lipinski definition) is 4. The summed E-state index contributed by atoms with van der Waals surface area (Å²) in [4.78, 5) is 22.6. The maximum Gasteiger partial charge on any atom is 0.310 e. The molecule has 138 valence electrons. The molecule has 0 aliphatic carbocycles. The predicted octanol–water partition coefficient (Wildman–Crippen LogP) is 4.24. The molecule has 6 heteroatoms. The Labute approximate surface area is 150 Å². The lowest BCUT2D eigenvalue weighted by atomic mass is 10.1. The minimum atomic E-state index is -1.04. The van der Waals surface area contributed by atoms with E-state index in [2.05, 4.69) is 0 Å². The van der Waals surface area contributed by atoms with Crippen molar-refractivity contribution in [3.05, 3.63) is 64.7 Å². The van der Waals surface area contributed by atoms with Gasteiger partial charge in [-0.3, -0.25) is 9.59 Å². The molecule has 0 unspecified atom stereocenters. The van der Waals surface area contributed by atoms with Crippen LogP contribution in [-0.4, -0.2) is 17.9 Å². The van der Waals surface area contributed by atoms with Gasteiger partial charge in [-0.15, -0.1) is 0 Å². The van der Waals surface area contributed by atoms with Crippen LogP contribution in [0.4, 0.5) is 8.78 Å². The fourth-order valence-electron chi connectivity index (χ4n) is 2.30. The number of carbonyl (C=O) groups is 2. The first-order valence-corrected chi connectivity index (χ1v) is 8.05. The minimum Gasteiger partial charge on any atom is -0.483 e. The first-order valence-electron chi connectivity index (χ1n) is 8.05. The summed E-state index contributed by atoms with van der Waals surface area (Å²) in [6.07, 6.45) is 0.373. The van der Waals surface area contributed by atoms with Crippen molar-refractivity contribution in [2.75, 3.05) is 0 Å². The van der Waals surface area contributed by atoms with Crippen LogP contribution < -0.4 is 4.74 Å². The molecule has 0 spiro atoms. The van der Waals surface area contributed by atoms with E-state index >= 15 is 0 Å². The van der Waals surface area contributed by atoms with Gasteiger partial charge in [0.2, 0.25) is 0 Å². The van der Waals surface area contributed by atoms with Crippen molar-refractivity contribution < 1.29 is 27.8 Å². The minimum absolute atomic E-state index is 0.0778. The van der Waals surface area contributed by atoms with Gasteiger partial charge in [-0.05, 0) is 44.0 Å². The molecule has 0 N–H and O–H groups in total. The van der Waals surface area contributed by atoms with Crippen molar-refractivity contribution in [1.82, 2.24) is 0 Å². The van der Waals surface area contributed by atoms with Crippen LogP contribution >= 0.6 is 0 Å². The lowest BCUT2D eigenvalue weighted by Gasteiger charge is -2.19. The summed E-state index contributed by atoms with van der Waals surface area (Å²) in [5, 5.41) is 0. The highest BCUT2D eigenvalue weighted by Gasteiger charge is 2.17. The topological polar surface area (TPSA) is 52.6 Å². The highest BCUT2D eigenvalue weighted by Crippen LogP contribution is 2.25. The Kier molecular flexibility index (Phi) is 6.08. The van der Waals surface area contributed by atoms with Gasteiger partial charge in [0.05, 0.1) is 12.0 Å². The summed E-state index contributed by atoms with van der Waals surface area (Å²) in [5.41, 5.74) is 0.473. The Morgan fingerprint density at radius 2 is 1.81 bits per heavy atom. The normalized spacial score (nSPS) is 11.1. The Balaban J connectivity index is 2.08. The monoisotopic (exact) mass is 362 g/mol. The summed E-state index contributed by atoms with van der Waals surface area (Å²) in [5.74, 6) is -2.90. The Morgan fingerprint density at radius 3 is 2.46 bits per heavy atom. The zero-order chi connectivity index (χ0) is 19.3. The molecule has 2 aromatic rings. The van der Waals surface area contributed by atoms with E-state index in [1.807, 2.05) is 0 Å². The number of benzene rings is 2. The van der Waals surface area contributed by atoms with Gasteiger partial charge < -0.3 is 9.47 Å².